The van der Waals surface area contributed by atoms with Crippen molar-refractivity contribution in [2.75, 3.05) is 5.32 Å². The molecule has 2 aromatic rings. The Hall–Kier alpha value is -1.89. The highest BCUT2D eigenvalue weighted by molar-refractivity contribution is 7.89. The number of amides is 1. The van der Waals surface area contributed by atoms with Crippen molar-refractivity contribution in [3.05, 3.63) is 58.6 Å². The molecule has 2 aromatic carbocycles. The van der Waals surface area contributed by atoms with Gasteiger partial charge in [0.1, 0.15) is 0 Å². The van der Waals surface area contributed by atoms with Crippen molar-refractivity contribution in [3.63, 3.8) is 0 Å². The van der Waals surface area contributed by atoms with Crippen LogP contribution in [0.4, 0.5) is 5.69 Å². The average Bonchev–Trinajstić information content (AvgIpc) is 2.64. The second-order valence-electron chi connectivity index (χ2n) is 6.90. The highest BCUT2D eigenvalue weighted by Crippen LogP contribution is 2.26. The molecular weight excluding hydrogens is 396 g/mol. The fraction of sp³-hybridized carbons (Fsp3) is 0.381. The van der Waals surface area contributed by atoms with Gasteiger partial charge in [-0.2, -0.15) is 0 Å². The summed E-state index contributed by atoms with van der Waals surface area (Å²) in [6.45, 7) is 7.80. The molecule has 1 atom stereocenters. The first-order valence-electron chi connectivity index (χ1n) is 9.38. The number of halogens is 1. The van der Waals surface area contributed by atoms with E-state index in [4.69, 9.17) is 11.6 Å². The van der Waals surface area contributed by atoms with Crippen LogP contribution in [0.2, 0.25) is 5.02 Å². The number of nitrogens with one attached hydrogen (secondary N) is 2. The van der Waals surface area contributed by atoms with Crippen molar-refractivity contribution in [1.82, 2.24) is 4.72 Å². The second kappa shape index (κ2) is 9.54. The standard InChI is InChI=1S/C21H27ClN2O3S/c1-5-16(6-2)15(4)24-28(26,27)17-11-12-20(19(22)13-17)23-21(25)18-10-8-7-9-14(18)3/h7-13,15-16,24H,5-6H2,1-4H3,(H,23,25)/t15-/m1/s1. The lowest BCUT2D eigenvalue weighted by Crippen LogP contribution is -2.37. The molecule has 0 heterocycles. The highest BCUT2D eigenvalue weighted by Gasteiger charge is 2.23. The van der Waals surface area contributed by atoms with Crippen LogP contribution in [0.5, 0.6) is 0 Å². The Morgan fingerprint density at radius 1 is 1.11 bits per heavy atom. The molecule has 1 amide bonds. The first-order chi connectivity index (χ1) is 13.2. The number of hydrogen-bond acceptors (Lipinski definition) is 3. The minimum atomic E-state index is -3.70. The summed E-state index contributed by atoms with van der Waals surface area (Å²) in [4.78, 5) is 12.5. The Balaban J connectivity index is 2.19. The SMILES string of the molecule is CCC(CC)[C@@H](C)NS(=O)(=O)c1ccc(NC(=O)c2ccccc2C)c(Cl)c1. The molecule has 5 nitrogen and oxygen atoms in total. The lowest BCUT2D eigenvalue weighted by Gasteiger charge is -2.22. The maximum atomic E-state index is 12.7. The number of carbonyl (C=O) groups excluding carboxylic acids is 1. The summed E-state index contributed by atoms with van der Waals surface area (Å²) in [7, 11) is -3.70. The molecule has 0 spiro atoms. The molecule has 0 radical (unpaired) electrons. The Kier molecular flexibility index (Phi) is 7.63. The quantitative estimate of drug-likeness (QED) is 0.628. The zero-order valence-corrected chi connectivity index (χ0v) is 18.2. The van der Waals surface area contributed by atoms with Crippen LogP contribution < -0.4 is 10.0 Å². The molecule has 28 heavy (non-hydrogen) atoms. The third kappa shape index (κ3) is 5.34. The van der Waals surface area contributed by atoms with Gasteiger partial charge in [0.25, 0.3) is 5.91 Å². The van der Waals surface area contributed by atoms with Crippen molar-refractivity contribution >= 4 is 33.2 Å². The van der Waals surface area contributed by atoms with Crippen LogP contribution in [0.25, 0.3) is 0 Å². The van der Waals surface area contributed by atoms with Crippen LogP contribution in [0.15, 0.2) is 47.4 Å². The summed E-state index contributed by atoms with van der Waals surface area (Å²) in [5.74, 6) is -0.0333. The van der Waals surface area contributed by atoms with Gasteiger partial charge < -0.3 is 5.32 Å². The molecule has 0 aliphatic heterocycles. The van der Waals surface area contributed by atoms with Gasteiger partial charge in [-0.3, -0.25) is 4.79 Å². The van der Waals surface area contributed by atoms with Gasteiger partial charge in [0, 0.05) is 11.6 Å². The summed E-state index contributed by atoms with van der Waals surface area (Å²) in [6.07, 6.45) is 1.79. The summed E-state index contributed by atoms with van der Waals surface area (Å²) < 4.78 is 28.1. The van der Waals surface area contributed by atoms with Crippen LogP contribution in [0.3, 0.4) is 0 Å². The van der Waals surface area contributed by atoms with Gasteiger partial charge in [-0.1, -0.05) is 56.5 Å². The third-order valence-corrected chi connectivity index (χ3v) is 6.85. The van der Waals surface area contributed by atoms with Gasteiger partial charge in [0.05, 0.1) is 15.6 Å². The average molecular weight is 423 g/mol. The van der Waals surface area contributed by atoms with E-state index in [-0.39, 0.29) is 27.8 Å². The fourth-order valence-electron chi connectivity index (χ4n) is 3.19. The molecule has 7 heteroatoms. The molecule has 0 unspecified atom stereocenters. The van der Waals surface area contributed by atoms with E-state index in [1.807, 2.05) is 39.8 Å². The molecular formula is C21H27ClN2O3S. The van der Waals surface area contributed by atoms with Gasteiger partial charge in [-0.15, -0.1) is 0 Å². The van der Waals surface area contributed by atoms with Gasteiger partial charge in [-0.05, 0) is 49.6 Å². The van der Waals surface area contributed by atoms with Crippen LogP contribution in [-0.4, -0.2) is 20.4 Å². The summed E-state index contributed by atoms with van der Waals surface area (Å²) in [6, 6.07) is 11.3. The van der Waals surface area contributed by atoms with Crippen LogP contribution in [0.1, 0.15) is 49.5 Å². The normalized spacial score (nSPS) is 12.8. The highest BCUT2D eigenvalue weighted by atomic mass is 35.5. The maximum absolute atomic E-state index is 12.7. The van der Waals surface area contributed by atoms with E-state index >= 15 is 0 Å². The van der Waals surface area contributed by atoms with Crippen molar-refractivity contribution in [3.8, 4) is 0 Å². The number of benzene rings is 2. The Morgan fingerprint density at radius 2 is 1.75 bits per heavy atom. The summed E-state index contributed by atoms with van der Waals surface area (Å²) >= 11 is 6.25. The monoisotopic (exact) mass is 422 g/mol. The molecule has 0 saturated heterocycles. The minimum Gasteiger partial charge on any atom is -0.321 e. The molecule has 0 bridgehead atoms. The smallest absolute Gasteiger partial charge is 0.255 e. The molecule has 152 valence electrons. The topological polar surface area (TPSA) is 75.3 Å². The zero-order chi connectivity index (χ0) is 20.9. The summed E-state index contributed by atoms with van der Waals surface area (Å²) in [5.41, 5.74) is 1.74. The van der Waals surface area contributed by atoms with Crippen LogP contribution in [-0.2, 0) is 10.0 Å². The summed E-state index contributed by atoms with van der Waals surface area (Å²) in [5, 5.41) is 2.90. The van der Waals surface area contributed by atoms with Gasteiger partial charge in [0.15, 0.2) is 0 Å². The second-order valence-corrected chi connectivity index (χ2v) is 9.02. The van der Waals surface area contributed by atoms with E-state index in [2.05, 4.69) is 10.0 Å². The molecule has 0 saturated carbocycles. The first kappa shape index (κ1) is 22.4. The maximum Gasteiger partial charge on any atom is 0.255 e. The number of aryl methyl sites for hydroxylation is 1. The Morgan fingerprint density at radius 3 is 2.32 bits per heavy atom. The van der Waals surface area contributed by atoms with E-state index in [1.54, 1.807) is 12.1 Å². The largest absolute Gasteiger partial charge is 0.321 e. The molecule has 0 fully saturated rings. The number of sulfonamides is 1. The predicted octanol–water partition coefficient (Wildman–Crippen LogP) is 5.00. The van der Waals surface area contributed by atoms with Gasteiger partial charge in [0.2, 0.25) is 10.0 Å². The van der Waals surface area contributed by atoms with Crippen molar-refractivity contribution in [2.45, 2.75) is 51.5 Å². The fourth-order valence-corrected chi connectivity index (χ4v) is 4.82. The number of carbonyl (C=O) groups is 1. The van der Waals surface area contributed by atoms with Gasteiger partial charge in [-0.25, -0.2) is 13.1 Å². The number of hydrogen-bond donors (Lipinski definition) is 2. The van der Waals surface area contributed by atoms with E-state index in [1.165, 1.54) is 18.2 Å². The minimum absolute atomic E-state index is 0.0733. The number of anilines is 1. The Bertz CT molecular complexity index is 940. The Labute approximate surface area is 172 Å². The van der Waals surface area contributed by atoms with E-state index in [0.717, 1.165) is 18.4 Å². The van der Waals surface area contributed by atoms with Crippen molar-refractivity contribution < 1.29 is 13.2 Å². The molecule has 0 aliphatic rings. The van der Waals surface area contributed by atoms with Gasteiger partial charge >= 0.3 is 0 Å². The predicted molar refractivity (Wildman–Crippen MR) is 114 cm³/mol. The zero-order valence-electron chi connectivity index (χ0n) is 16.6. The molecule has 2 rings (SSSR count). The van der Waals surface area contributed by atoms with Crippen molar-refractivity contribution in [2.24, 2.45) is 5.92 Å². The van der Waals surface area contributed by atoms with Crippen LogP contribution in [0, 0.1) is 12.8 Å². The van der Waals surface area contributed by atoms with Crippen LogP contribution >= 0.6 is 11.6 Å². The molecule has 0 aliphatic carbocycles. The van der Waals surface area contributed by atoms with E-state index in [9.17, 15) is 13.2 Å². The van der Waals surface area contributed by atoms with E-state index < -0.39 is 10.0 Å². The third-order valence-electron chi connectivity index (χ3n) is 4.99. The first-order valence-corrected chi connectivity index (χ1v) is 11.2. The molecule has 2 N–H and O–H groups in total. The van der Waals surface area contributed by atoms with Crippen molar-refractivity contribution in [1.29, 1.82) is 0 Å². The lowest BCUT2D eigenvalue weighted by molar-refractivity contribution is 0.102. The number of rotatable bonds is 8. The molecule has 0 aromatic heterocycles. The van der Waals surface area contributed by atoms with E-state index in [0.29, 0.717) is 11.3 Å². The lowest BCUT2D eigenvalue weighted by atomic mass is 9.96.